The van der Waals surface area contributed by atoms with Gasteiger partial charge in [0.05, 0.1) is 12.5 Å². The van der Waals surface area contributed by atoms with E-state index in [0.29, 0.717) is 19.7 Å². The van der Waals surface area contributed by atoms with E-state index in [1.54, 1.807) is 0 Å². The van der Waals surface area contributed by atoms with Crippen molar-refractivity contribution in [2.24, 2.45) is 11.7 Å². The summed E-state index contributed by atoms with van der Waals surface area (Å²) in [7, 11) is 0. The first-order valence-corrected chi connectivity index (χ1v) is 9.28. The Kier molecular flexibility index (Phi) is 8.55. The number of amides is 1. The number of carbonyl (C=O) groups is 1. The van der Waals surface area contributed by atoms with Gasteiger partial charge in [0, 0.05) is 26.2 Å². The van der Waals surface area contributed by atoms with E-state index >= 15 is 0 Å². The molecule has 0 radical (unpaired) electrons. The summed E-state index contributed by atoms with van der Waals surface area (Å²) in [5, 5.41) is 2.89. The number of nitrogens with zero attached hydrogens (tertiary/aromatic N) is 1. The molecule has 1 aromatic carbocycles. The van der Waals surface area contributed by atoms with Crippen molar-refractivity contribution >= 4 is 5.91 Å². The van der Waals surface area contributed by atoms with Crippen LogP contribution in [0.15, 0.2) is 24.3 Å². The molecule has 1 atom stereocenters. The number of hydrogen-bond acceptors (Lipinski definition) is 5. The van der Waals surface area contributed by atoms with E-state index in [2.05, 4.69) is 17.1 Å². The van der Waals surface area contributed by atoms with Crippen LogP contribution in [0.25, 0.3) is 0 Å². The van der Waals surface area contributed by atoms with Gasteiger partial charge in [-0.1, -0.05) is 6.92 Å². The van der Waals surface area contributed by atoms with Crippen molar-refractivity contribution in [2.75, 3.05) is 45.9 Å². The highest BCUT2D eigenvalue weighted by atomic mass is 16.5. The monoisotopic (exact) mass is 349 g/mol. The van der Waals surface area contributed by atoms with E-state index in [4.69, 9.17) is 15.2 Å². The highest BCUT2D eigenvalue weighted by molar-refractivity contribution is 5.78. The number of hydrogen-bond donors (Lipinski definition) is 2. The lowest BCUT2D eigenvalue weighted by atomic mass is 9.97. The Hall–Kier alpha value is -1.79. The van der Waals surface area contributed by atoms with Crippen LogP contribution in [0.3, 0.4) is 0 Å². The summed E-state index contributed by atoms with van der Waals surface area (Å²) >= 11 is 0. The lowest BCUT2D eigenvalue weighted by molar-refractivity contribution is -0.126. The number of rotatable bonds is 10. The average Bonchev–Trinajstić information content (AvgIpc) is 2.65. The molecule has 1 aliphatic rings. The molecule has 3 N–H and O–H groups in total. The molecule has 1 heterocycles. The van der Waals surface area contributed by atoms with Gasteiger partial charge in [-0.2, -0.15) is 0 Å². The maximum atomic E-state index is 12.1. The minimum atomic E-state index is 0.0651. The average molecular weight is 349 g/mol. The van der Waals surface area contributed by atoms with Crippen molar-refractivity contribution in [2.45, 2.75) is 26.2 Å². The van der Waals surface area contributed by atoms with Gasteiger partial charge < -0.3 is 20.5 Å². The summed E-state index contributed by atoms with van der Waals surface area (Å²) in [6.45, 7) is 7.12. The lowest BCUT2D eigenvalue weighted by Gasteiger charge is -2.31. The van der Waals surface area contributed by atoms with Crippen LogP contribution in [0, 0.1) is 5.92 Å². The summed E-state index contributed by atoms with van der Waals surface area (Å²) < 4.78 is 11.4. The van der Waals surface area contributed by atoms with E-state index in [0.717, 1.165) is 57.0 Å². The van der Waals surface area contributed by atoms with Gasteiger partial charge in [0.1, 0.15) is 18.1 Å². The summed E-state index contributed by atoms with van der Waals surface area (Å²) in [6, 6.07) is 7.74. The van der Waals surface area contributed by atoms with Crippen LogP contribution in [0.5, 0.6) is 11.5 Å². The molecule has 1 fully saturated rings. The van der Waals surface area contributed by atoms with Crippen LogP contribution in [-0.4, -0.2) is 56.7 Å². The second kappa shape index (κ2) is 10.9. The molecular weight excluding hydrogens is 318 g/mol. The van der Waals surface area contributed by atoms with E-state index in [1.165, 1.54) is 0 Å². The number of piperidine rings is 1. The Balaban J connectivity index is 1.69. The van der Waals surface area contributed by atoms with E-state index in [9.17, 15) is 4.79 Å². The summed E-state index contributed by atoms with van der Waals surface area (Å²) in [5.41, 5.74) is 5.44. The first kappa shape index (κ1) is 19.5. The van der Waals surface area contributed by atoms with Gasteiger partial charge in [-0.25, -0.2) is 0 Å². The number of nitrogens with one attached hydrogen (secondary N) is 1. The molecule has 6 heteroatoms. The fourth-order valence-electron chi connectivity index (χ4n) is 2.96. The van der Waals surface area contributed by atoms with E-state index in [-0.39, 0.29) is 11.8 Å². The predicted octanol–water partition coefficient (Wildman–Crippen LogP) is 1.64. The minimum Gasteiger partial charge on any atom is -0.494 e. The predicted molar refractivity (Wildman–Crippen MR) is 99.0 cm³/mol. The van der Waals surface area contributed by atoms with Gasteiger partial charge in [0.25, 0.3) is 0 Å². The van der Waals surface area contributed by atoms with Crippen molar-refractivity contribution in [3.8, 4) is 11.5 Å². The molecule has 1 saturated heterocycles. The molecule has 0 saturated carbocycles. The van der Waals surface area contributed by atoms with Crippen molar-refractivity contribution in [1.82, 2.24) is 10.2 Å². The molecule has 1 amide bonds. The van der Waals surface area contributed by atoms with Gasteiger partial charge >= 0.3 is 0 Å². The van der Waals surface area contributed by atoms with Crippen molar-refractivity contribution in [3.63, 3.8) is 0 Å². The molecule has 140 valence electrons. The Morgan fingerprint density at radius 1 is 1.24 bits per heavy atom. The van der Waals surface area contributed by atoms with E-state index < -0.39 is 0 Å². The van der Waals surface area contributed by atoms with Crippen LogP contribution in [0.1, 0.15) is 26.2 Å². The molecule has 2 rings (SSSR count). The van der Waals surface area contributed by atoms with Crippen molar-refractivity contribution in [1.29, 1.82) is 0 Å². The zero-order valence-electron chi connectivity index (χ0n) is 15.2. The van der Waals surface area contributed by atoms with Gasteiger partial charge in [-0.05, 0) is 50.1 Å². The molecule has 0 aromatic heterocycles. The first-order valence-electron chi connectivity index (χ1n) is 9.28. The highest BCUT2D eigenvalue weighted by Crippen LogP contribution is 2.19. The van der Waals surface area contributed by atoms with Crippen LogP contribution in [0.4, 0.5) is 0 Å². The molecule has 1 unspecified atom stereocenters. The maximum Gasteiger partial charge on any atom is 0.224 e. The molecule has 0 aliphatic carbocycles. The fraction of sp³-hybridized carbons (Fsp3) is 0.632. The normalized spacial score (nSPS) is 17.9. The van der Waals surface area contributed by atoms with Crippen LogP contribution in [0.2, 0.25) is 0 Å². The Morgan fingerprint density at radius 2 is 1.92 bits per heavy atom. The largest absolute Gasteiger partial charge is 0.494 e. The molecule has 1 aliphatic heterocycles. The first-order chi connectivity index (χ1) is 12.2. The standard InChI is InChI=1S/C19H31N3O3/c1-2-13-24-17-5-7-18(8-6-17)25-14-12-22-11-3-4-16(15-22)19(23)21-10-9-20/h5-8,16H,2-4,9-15,20H2,1H3,(H,21,23). The van der Waals surface area contributed by atoms with Crippen molar-refractivity contribution < 1.29 is 14.3 Å². The zero-order chi connectivity index (χ0) is 17.9. The molecule has 0 spiro atoms. The third kappa shape index (κ3) is 6.92. The Labute approximate surface area is 150 Å². The van der Waals surface area contributed by atoms with Crippen molar-refractivity contribution in [3.05, 3.63) is 24.3 Å². The molecular formula is C19H31N3O3. The van der Waals surface area contributed by atoms with Gasteiger partial charge in [0.2, 0.25) is 5.91 Å². The third-order valence-corrected chi connectivity index (χ3v) is 4.29. The summed E-state index contributed by atoms with van der Waals surface area (Å²) in [4.78, 5) is 14.4. The van der Waals surface area contributed by atoms with Crippen LogP contribution in [-0.2, 0) is 4.79 Å². The molecule has 6 nitrogen and oxygen atoms in total. The number of nitrogens with two attached hydrogens (primary N) is 1. The number of likely N-dealkylation sites (tertiary alicyclic amines) is 1. The SMILES string of the molecule is CCCOc1ccc(OCCN2CCCC(C(=O)NCCN)C2)cc1. The second-order valence-corrected chi connectivity index (χ2v) is 6.39. The second-order valence-electron chi connectivity index (χ2n) is 6.39. The zero-order valence-corrected chi connectivity index (χ0v) is 15.2. The Bertz CT molecular complexity index is 507. The molecule has 1 aromatic rings. The molecule has 25 heavy (non-hydrogen) atoms. The van der Waals surface area contributed by atoms with Crippen LogP contribution < -0.4 is 20.5 Å². The number of benzene rings is 1. The quantitative estimate of drug-likeness (QED) is 0.671. The number of carbonyl (C=O) groups excluding carboxylic acids is 1. The Morgan fingerprint density at radius 3 is 2.56 bits per heavy atom. The van der Waals surface area contributed by atoms with Crippen LogP contribution >= 0.6 is 0 Å². The smallest absolute Gasteiger partial charge is 0.224 e. The highest BCUT2D eigenvalue weighted by Gasteiger charge is 2.25. The lowest BCUT2D eigenvalue weighted by Crippen LogP contribution is -2.45. The maximum absolute atomic E-state index is 12.1. The van der Waals surface area contributed by atoms with E-state index in [1.807, 2.05) is 24.3 Å². The fourth-order valence-corrected chi connectivity index (χ4v) is 2.96. The van der Waals surface area contributed by atoms with Gasteiger partial charge in [-0.15, -0.1) is 0 Å². The topological polar surface area (TPSA) is 76.8 Å². The molecule has 0 bridgehead atoms. The van der Waals surface area contributed by atoms with Gasteiger partial charge in [-0.3, -0.25) is 9.69 Å². The van der Waals surface area contributed by atoms with Gasteiger partial charge in [0.15, 0.2) is 0 Å². The number of ether oxygens (including phenoxy) is 2. The summed E-state index contributed by atoms with van der Waals surface area (Å²) in [6.07, 6.45) is 3.00. The third-order valence-electron chi connectivity index (χ3n) is 4.29. The minimum absolute atomic E-state index is 0.0651. The summed E-state index contributed by atoms with van der Waals surface area (Å²) in [5.74, 6) is 1.91.